The van der Waals surface area contributed by atoms with Gasteiger partial charge >= 0.3 is 11.8 Å². The number of hydrogen-bond acceptors (Lipinski definition) is 5. The minimum Gasteiger partial charge on any atom is -0.399 e. The van der Waals surface area contributed by atoms with Crippen LogP contribution in [0.2, 0.25) is 0 Å². The van der Waals surface area contributed by atoms with Gasteiger partial charge in [-0.05, 0) is 36.4 Å². The number of morpholine rings is 1. The number of para-hydroxylation sites is 1. The molecule has 2 aromatic carbocycles. The average molecular weight is 368 g/mol. The second-order valence-corrected chi connectivity index (χ2v) is 6.28. The minimum absolute atomic E-state index is 0.412. The van der Waals surface area contributed by atoms with Gasteiger partial charge in [-0.15, -0.1) is 0 Å². The number of carbonyl (C=O) groups excluding carboxylic acids is 2. The number of nitrogen functional groups attached to an aromatic ring is 1. The van der Waals surface area contributed by atoms with Crippen LogP contribution in [0.15, 0.2) is 54.6 Å². The molecule has 1 fully saturated rings. The van der Waals surface area contributed by atoms with Gasteiger partial charge in [0.1, 0.15) is 0 Å². The molecule has 0 aliphatic carbocycles. The van der Waals surface area contributed by atoms with Gasteiger partial charge in [0.15, 0.2) is 0 Å². The molecule has 0 atom stereocenters. The number of anilines is 3. The van der Waals surface area contributed by atoms with Crippen molar-refractivity contribution in [3.05, 3.63) is 54.6 Å². The standard InChI is InChI=1S/C20H24N4O3/c21-16-6-8-18(9-7-16)24(17-4-2-1-3-5-17)20(26)19(25)22-10-11-23-12-14-27-15-13-23/h1-9H,10-15,21H2,(H,22,25). The van der Waals surface area contributed by atoms with Crippen molar-refractivity contribution in [2.24, 2.45) is 0 Å². The van der Waals surface area contributed by atoms with Gasteiger partial charge in [-0.25, -0.2) is 0 Å². The average Bonchev–Trinajstić information content (AvgIpc) is 2.71. The molecule has 27 heavy (non-hydrogen) atoms. The molecule has 3 N–H and O–H groups in total. The van der Waals surface area contributed by atoms with Gasteiger partial charge in [0, 0.05) is 43.2 Å². The number of amides is 2. The molecular weight excluding hydrogens is 344 g/mol. The van der Waals surface area contributed by atoms with Crippen LogP contribution in [-0.4, -0.2) is 56.1 Å². The van der Waals surface area contributed by atoms with E-state index >= 15 is 0 Å². The molecule has 1 aliphatic heterocycles. The molecule has 0 spiro atoms. The third kappa shape index (κ3) is 5.06. The molecule has 2 amide bonds. The van der Waals surface area contributed by atoms with Crippen LogP contribution in [0.25, 0.3) is 0 Å². The fraction of sp³-hybridized carbons (Fsp3) is 0.300. The lowest BCUT2D eigenvalue weighted by atomic mass is 10.2. The molecule has 1 aliphatic rings. The van der Waals surface area contributed by atoms with E-state index in [4.69, 9.17) is 10.5 Å². The van der Waals surface area contributed by atoms with E-state index in [2.05, 4.69) is 10.2 Å². The maximum Gasteiger partial charge on any atom is 0.320 e. The van der Waals surface area contributed by atoms with E-state index in [0.717, 1.165) is 13.1 Å². The van der Waals surface area contributed by atoms with E-state index in [0.29, 0.717) is 43.4 Å². The highest BCUT2D eigenvalue weighted by atomic mass is 16.5. The fourth-order valence-corrected chi connectivity index (χ4v) is 2.91. The van der Waals surface area contributed by atoms with Gasteiger partial charge in [0.2, 0.25) is 0 Å². The Morgan fingerprint density at radius 3 is 2.30 bits per heavy atom. The van der Waals surface area contributed by atoms with Gasteiger partial charge in [0.25, 0.3) is 0 Å². The third-order valence-corrected chi connectivity index (χ3v) is 4.38. The van der Waals surface area contributed by atoms with Crippen LogP contribution in [0, 0.1) is 0 Å². The Bertz CT molecular complexity index is 759. The summed E-state index contributed by atoms with van der Waals surface area (Å²) >= 11 is 0. The van der Waals surface area contributed by atoms with Crippen LogP contribution in [0.5, 0.6) is 0 Å². The highest BCUT2D eigenvalue weighted by molar-refractivity contribution is 6.42. The number of nitrogens with zero attached hydrogens (tertiary/aromatic N) is 2. The van der Waals surface area contributed by atoms with Crippen molar-refractivity contribution < 1.29 is 14.3 Å². The Morgan fingerprint density at radius 2 is 1.63 bits per heavy atom. The number of rotatable bonds is 5. The van der Waals surface area contributed by atoms with E-state index in [1.165, 1.54) is 4.90 Å². The van der Waals surface area contributed by atoms with E-state index in [1.807, 2.05) is 18.2 Å². The number of hydrogen-bond donors (Lipinski definition) is 2. The molecule has 0 saturated carbocycles. The van der Waals surface area contributed by atoms with E-state index in [1.54, 1.807) is 36.4 Å². The summed E-state index contributed by atoms with van der Waals surface area (Å²) in [5.74, 6) is -1.27. The molecule has 1 heterocycles. The summed E-state index contributed by atoms with van der Waals surface area (Å²) in [5.41, 5.74) is 7.54. The highest BCUT2D eigenvalue weighted by Crippen LogP contribution is 2.26. The largest absolute Gasteiger partial charge is 0.399 e. The van der Waals surface area contributed by atoms with Crippen molar-refractivity contribution >= 4 is 28.9 Å². The van der Waals surface area contributed by atoms with Crippen molar-refractivity contribution in [1.29, 1.82) is 0 Å². The fourth-order valence-electron chi connectivity index (χ4n) is 2.91. The number of benzene rings is 2. The molecule has 2 aromatic rings. The van der Waals surface area contributed by atoms with Crippen molar-refractivity contribution in [3.8, 4) is 0 Å². The second kappa shape index (κ2) is 9.16. The molecular formula is C20H24N4O3. The molecule has 142 valence electrons. The number of ether oxygens (including phenoxy) is 1. The molecule has 0 unspecified atom stereocenters. The summed E-state index contributed by atoms with van der Waals surface area (Å²) in [6.45, 7) is 4.18. The van der Waals surface area contributed by atoms with Crippen LogP contribution in [0.1, 0.15) is 0 Å². The van der Waals surface area contributed by atoms with Crippen LogP contribution in [0.3, 0.4) is 0 Å². The summed E-state index contributed by atoms with van der Waals surface area (Å²) in [5, 5.41) is 2.72. The zero-order chi connectivity index (χ0) is 19.1. The van der Waals surface area contributed by atoms with E-state index < -0.39 is 11.8 Å². The quantitative estimate of drug-likeness (QED) is 0.615. The third-order valence-electron chi connectivity index (χ3n) is 4.38. The predicted molar refractivity (Wildman–Crippen MR) is 105 cm³/mol. The molecule has 7 heteroatoms. The zero-order valence-electron chi connectivity index (χ0n) is 15.1. The zero-order valence-corrected chi connectivity index (χ0v) is 15.1. The Hall–Kier alpha value is -2.90. The van der Waals surface area contributed by atoms with Crippen LogP contribution >= 0.6 is 0 Å². The maximum atomic E-state index is 12.9. The van der Waals surface area contributed by atoms with Crippen LogP contribution < -0.4 is 16.0 Å². The number of nitrogens with two attached hydrogens (primary N) is 1. The van der Waals surface area contributed by atoms with Gasteiger partial charge < -0.3 is 15.8 Å². The Kier molecular flexibility index (Phi) is 6.40. The SMILES string of the molecule is Nc1ccc(N(C(=O)C(=O)NCCN2CCOCC2)c2ccccc2)cc1. The first kappa shape index (κ1) is 18.9. The van der Waals surface area contributed by atoms with Crippen molar-refractivity contribution in [1.82, 2.24) is 10.2 Å². The van der Waals surface area contributed by atoms with Gasteiger partial charge in [-0.2, -0.15) is 0 Å². The predicted octanol–water partition coefficient (Wildman–Crippen LogP) is 1.38. The Balaban J connectivity index is 1.68. The summed E-state index contributed by atoms with van der Waals surface area (Å²) in [4.78, 5) is 28.9. The summed E-state index contributed by atoms with van der Waals surface area (Å²) in [6.07, 6.45) is 0. The number of nitrogens with one attached hydrogen (secondary N) is 1. The van der Waals surface area contributed by atoms with E-state index in [-0.39, 0.29) is 0 Å². The smallest absolute Gasteiger partial charge is 0.320 e. The molecule has 0 radical (unpaired) electrons. The Morgan fingerprint density at radius 1 is 1.00 bits per heavy atom. The minimum atomic E-state index is -0.635. The summed E-state index contributed by atoms with van der Waals surface area (Å²) in [6, 6.07) is 15.9. The van der Waals surface area contributed by atoms with E-state index in [9.17, 15) is 9.59 Å². The molecule has 1 saturated heterocycles. The normalized spacial score (nSPS) is 14.5. The molecule has 7 nitrogen and oxygen atoms in total. The second-order valence-electron chi connectivity index (χ2n) is 6.28. The monoisotopic (exact) mass is 368 g/mol. The van der Waals surface area contributed by atoms with Crippen LogP contribution in [0.4, 0.5) is 17.1 Å². The molecule has 3 rings (SSSR count). The molecule has 0 bridgehead atoms. The summed E-state index contributed by atoms with van der Waals surface area (Å²) < 4.78 is 5.30. The van der Waals surface area contributed by atoms with Crippen molar-refractivity contribution in [2.75, 3.05) is 50.0 Å². The maximum absolute atomic E-state index is 12.9. The summed E-state index contributed by atoms with van der Waals surface area (Å²) in [7, 11) is 0. The first-order valence-electron chi connectivity index (χ1n) is 8.98. The first-order chi connectivity index (χ1) is 13.1. The van der Waals surface area contributed by atoms with Crippen molar-refractivity contribution in [2.45, 2.75) is 0 Å². The van der Waals surface area contributed by atoms with Crippen molar-refractivity contribution in [3.63, 3.8) is 0 Å². The lowest BCUT2D eigenvalue weighted by Gasteiger charge is -2.27. The van der Waals surface area contributed by atoms with Gasteiger partial charge in [0.05, 0.1) is 13.2 Å². The van der Waals surface area contributed by atoms with Gasteiger partial charge in [-0.1, -0.05) is 18.2 Å². The lowest BCUT2D eigenvalue weighted by Crippen LogP contribution is -2.45. The van der Waals surface area contributed by atoms with Gasteiger partial charge in [-0.3, -0.25) is 19.4 Å². The topological polar surface area (TPSA) is 87.9 Å². The Labute approximate surface area is 158 Å². The van der Waals surface area contributed by atoms with Crippen LogP contribution in [-0.2, 0) is 14.3 Å². The highest BCUT2D eigenvalue weighted by Gasteiger charge is 2.25. The lowest BCUT2D eigenvalue weighted by molar-refractivity contribution is -0.137. The first-order valence-corrected chi connectivity index (χ1v) is 8.98. The number of carbonyl (C=O) groups is 2. The molecule has 0 aromatic heterocycles.